The Morgan fingerprint density at radius 3 is 2.48 bits per heavy atom. The summed E-state index contributed by atoms with van der Waals surface area (Å²) in [5, 5.41) is 7.93. The normalized spacial score (nSPS) is 14.5. The van der Waals surface area contributed by atoms with Crippen molar-refractivity contribution in [2.24, 2.45) is 0 Å². The van der Waals surface area contributed by atoms with Gasteiger partial charge in [0.05, 0.1) is 11.7 Å². The Bertz CT molecular complexity index is 1080. The number of fused-ring (bicyclic) bond motifs is 1. The van der Waals surface area contributed by atoms with Crippen LogP contribution in [0.3, 0.4) is 0 Å². The van der Waals surface area contributed by atoms with E-state index in [2.05, 4.69) is 29.5 Å². The molecule has 0 saturated carbocycles. The minimum absolute atomic E-state index is 0.00370. The van der Waals surface area contributed by atoms with E-state index in [0.29, 0.717) is 13.2 Å². The van der Waals surface area contributed by atoms with Crippen LogP contribution in [-0.4, -0.2) is 28.9 Å². The van der Waals surface area contributed by atoms with Crippen LogP contribution in [0, 0.1) is 13.8 Å². The summed E-state index contributed by atoms with van der Waals surface area (Å²) in [5.41, 5.74) is 4.19. The third kappa shape index (κ3) is 5.56. The second kappa shape index (κ2) is 10.6. The van der Waals surface area contributed by atoms with Crippen molar-refractivity contribution < 1.29 is 14.3 Å². The molecule has 2 heterocycles. The Labute approximate surface area is 195 Å². The lowest BCUT2D eigenvalue weighted by Crippen LogP contribution is -2.36. The summed E-state index contributed by atoms with van der Waals surface area (Å²) in [4.78, 5) is 13.6. The maximum atomic E-state index is 13.6. The van der Waals surface area contributed by atoms with E-state index >= 15 is 0 Å². The maximum absolute atomic E-state index is 13.6. The molecule has 3 aromatic rings. The third-order valence-corrected chi connectivity index (χ3v) is 6.05. The Balaban J connectivity index is 1.59. The highest BCUT2D eigenvalue weighted by Gasteiger charge is 2.26. The van der Waals surface area contributed by atoms with E-state index in [9.17, 15) is 4.79 Å². The molecular weight excluding hydrogens is 414 g/mol. The van der Waals surface area contributed by atoms with Gasteiger partial charge >= 0.3 is 0 Å². The molecule has 0 fully saturated rings. The number of amides is 1. The molecule has 6 nitrogen and oxygen atoms in total. The van der Waals surface area contributed by atoms with Crippen molar-refractivity contribution in [2.75, 3.05) is 13.2 Å². The van der Waals surface area contributed by atoms with Crippen LogP contribution in [0.4, 0.5) is 0 Å². The molecule has 33 heavy (non-hydrogen) atoms. The number of benzene rings is 2. The van der Waals surface area contributed by atoms with Gasteiger partial charge < -0.3 is 14.8 Å². The molecule has 4 rings (SSSR count). The second-order valence-electron chi connectivity index (χ2n) is 8.66. The Kier molecular flexibility index (Phi) is 7.33. The monoisotopic (exact) mass is 447 g/mol. The van der Waals surface area contributed by atoms with Gasteiger partial charge in [0.15, 0.2) is 11.5 Å². The number of rotatable bonds is 9. The van der Waals surface area contributed by atoms with Gasteiger partial charge in [-0.1, -0.05) is 49.7 Å². The quantitative estimate of drug-likeness (QED) is 0.495. The first-order valence-corrected chi connectivity index (χ1v) is 11.8. The van der Waals surface area contributed by atoms with Gasteiger partial charge in [0.1, 0.15) is 19.3 Å². The first-order chi connectivity index (χ1) is 16.0. The van der Waals surface area contributed by atoms with Gasteiger partial charge in [0.25, 0.3) is 0 Å². The predicted octanol–water partition coefficient (Wildman–Crippen LogP) is 5.10. The van der Waals surface area contributed by atoms with Gasteiger partial charge in [-0.2, -0.15) is 5.10 Å². The van der Waals surface area contributed by atoms with Crippen molar-refractivity contribution >= 4 is 5.91 Å². The van der Waals surface area contributed by atoms with Crippen LogP contribution in [0.2, 0.25) is 0 Å². The zero-order chi connectivity index (χ0) is 23.2. The van der Waals surface area contributed by atoms with Crippen LogP contribution in [0.25, 0.3) is 0 Å². The summed E-state index contributed by atoms with van der Waals surface area (Å²) in [6.45, 7) is 7.15. The van der Waals surface area contributed by atoms with Crippen molar-refractivity contribution in [1.82, 2.24) is 15.1 Å². The minimum atomic E-state index is -0.333. The summed E-state index contributed by atoms with van der Waals surface area (Å²) in [6.07, 6.45) is 3.28. The minimum Gasteiger partial charge on any atom is -0.486 e. The van der Waals surface area contributed by atoms with E-state index in [1.807, 2.05) is 61.0 Å². The second-order valence-corrected chi connectivity index (χ2v) is 8.66. The summed E-state index contributed by atoms with van der Waals surface area (Å²) < 4.78 is 13.4. The lowest BCUT2D eigenvalue weighted by Gasteiger charge is -2.26. The van der Waals surface area contributed by atoms with Crippen LogP contribution < -0.4 is 14.8 Å². The lowest BCUT2D eigenvalue weighted by molar-refractivity contribution is -0.125. The van der Waals surface area contributed by atoms with Crippen molar-refractivity contribution in [3.63, 3.8) is 0 Å². The molecule has 174 valence electrons. The highest BCUT2D eigenvalue weighted by molar-refractivity contribution is 5.80. The topological polar surface area (TPSA) is 65.4 Å². The summed E-state index contributed by atoms with van der Waals surface area (Å²) in [6, 6.07) is 17.9. The smallest absolute Gasteiger partial charge is 0.245 e. The number of carbonyl (C=O) groups excluding carboxylic acids is 1. The fourth-order valence-electron chi connectivity index (χ4n) is 4.42. The zero-order valence-corrected chi connectivity index (χ0v) is 19.7. The molecule has 0 bridgehead atoms. The molecule has 0 radical (unpaired) electrons. The number of aryl methyl sites for hydroxylation is 3. The molecule has 1 amide bonds. The average molecular weight is 448 g/mol. The van der Waals surface area contributed by atoms with E-state index < -0.39 is 0 Å². The maximum Gasteiger partial charge on any atom is 0.245 e. The molecule has 0 saturated heterocycles. The molecule has 1 aliphatic heterocycles. The Hall–Kier alpha value is -3.28. The van der Waals surface area contributed by atoms with Gasteiger partial charge in [-0.25, -0.2) is 0 Å². The highest BCUT2D eigenvalue weighted by Crippen LogP contribution is 2.34. The standard InChI is InChI=1S/C27H33N3O3/c1-4-8-24(30-20(3)17-19(2)29-30)27(31)28-23(13-11-21-9-6-5-7-10-21)22-12-14-25-26(18-22)33-16-15-32-25/h5-7,9-10,12,14,17-18,23-24H,4,8,11,13,15-16H2,1-3H3,(H,28,31). The molecule has 2 unspecified atom stereocenters. The van der Waals surface area contributed by atoms with Crippen LogP contribution in [0.1, 0.15) is 60.8 Å². The average Bonchev–Trinajstić information content (AvgIpc) is 3.17. The number of ether oxygens (including phenoxy) is 2. The zero-order valence-electron chi connectivity index (χ0n) is 19.7. The first-order valence-electron chi connectivity index (χ1n) is 11.8. The number of hydrogen-bond donors (Lipinski definition) is 1. The summed E-state index contributed by atoms with van der Waals surface area (Å²) in [5.74, 6) is 1.49. The van der Waals surface area contributed by atoms with E-state index in [-0.39, 0.29) is 18.0 Å². The summed E-state index contributed by atoms with van der Waals surface area (Å²) >= 11 is 0. The van der Waals surface area contributed by atoms with E-state index in [1.54, 1.807) is 0 Å². The molecule has 6 heteroatoms. The summed E-state index contributed by atoms with van der Waals surface area (Å²) in [7, 11) is 0. The van der Waals surface area contributed by atoms with Gasteiger partial charge in [-0.3, -0.25) is 9.48 Å². The molecule has 0 spiro atoms. The predicted molar refractivity (Wildman–Crippen MR) is 129 cm³/mol. The van der Waals surface area contributed by atoms with Crippen LogP contribution in [-0.2, 0) is 11.2 Å². The van der Waals surface area contributed by atoms with Gasteiger partial charge in [-0.15, -0.1) is 0 Å². The van der Waals surface area contributed by atoms with Crippen molar-refractivity contribution in [3.05, 3.63) is 77.1 Å². The third-order valence-electron chi connectivity index (χ3n) is 6.05. The van der Waals surface area contributed by atoms with E-state index in [0.717, 1.165) is 54.1 Å². The number of nitrogens with one attached hydrogen (secondary N) is 1. The molecule has 2 aromatic carbocycles. The van der Waals surface area contributed by atoms with E-state index in [1.165, 1.54) is 5.56 Å². The number of nitrogens with zero attached hydrogens (tertiary/aromatic N) is 2. The van der Waals surface area contributed by atoms with Crippen LogP contribution >= 0.6 is 0 Å². The fraction of sp³-hybridized carbons (Fsp3) is 0.407. The van der Waals surface area contributed by atoms with Gasteiger partial charge in [0.2, 0.25) is 5.91 Å². The number of carbonyl (C=O) groups is 1. The van der Waals surface area contributed by atoms with Crippen molar-refractivity contribution in [1.29, 1.82) is 0 Å². The van der Waals surface area contributed by atoms with Gasteiger partial charge in [0, 0.05) is 5.69 Å². The SMILES string of the molecule is CCCC(C(=O)NC(CCc1ccccc1)c1ccc2c(c1)OCCO2)n1nc(C)cc1C. The molecule has 2 atom stereocenters. The number of aromatic nitrogens is 2. The lowest BCUT2D eigenvalue weighted by atomic mass is 9.97. The fourth-order valence-corrected chi connectivity index (χ4v) is 4.42. The molecule has 0 aliphatic carbocycles. The van der Waals surface area contributed by atoms with Crippen LogP contribution in [0.5, 0.6) is 11.5 Å². The Morgan fingerprint density at radius 1 is 1.03 bits per heavy atom. The highest BCUT2D eigenvalue weighted by atomic mass is 16.6. The van der Waals surface area contributed by atoms with Gasteiger partial charge in [-0.05, 0) is 62.4 Å². The Morgan fingerprint density at radius 2 is 1.79 bits per heavy atom. The van der Waals surface area contributed by atoms with E-state index in [4.69, 9.17) is 9.47 Å². The molecular formula is C27H33N3O3. The molecule has 1 N–H and O–H groups in total. The van der Waals surface area contributed by atoms with Crippen molar-refractivity contribution in [2.45, 2.75) is 58.5 Å². The van der Waals surface area contributed by atoms with Crippen LogP contribution in [0.15, 0.2) is 54.6 Å². The largest absolute Gasteiger partial charge is 0.486 e. The number of hydrogen-bond acceptors (Lipinski definition) is 4. The molecule has 1 aromatic heterocycles. The first kappa shape index (κ1) is 22.9. The molecule has 1 aliphatic rings. The van der Waals surface area contributed by atoms with Crippen molar-refractivity contribution in [3.8, 4) is 11.5 Å².